The van der Waals surface area contributed by atoms with E-state index in [1.54, 1.807) is 6.07 Å². The molecule has 2 rings (SSSR count). The fourth-order valence-electron chi connectivity index (χ4n) is 2.33. The molecule has 2 aromatic carbocycles. The zero-order valence-electron chi connectivity index (χ0n) is 13.2. The van der Waals surface area contributed by atoms with E-state index in [0.29, 0.717) is 12.0 Å². The molecule has 5 heteroatoms. The van der Waals surface area contributed by atoms with E-state index < -0.39 is 0 Å². The number of benzene rings is 2. The van der Waals surface area contributed by atoms with Gasteiger partial charge in [0.25, 0.3) is 5.91 Å². The molecule has 0 saturated carbocycles. The van der Waals surface area contributed by atoms with Crippen LogP contribution in [0.5, 0.6) is 0 Å². The van der Waals surface area contributed by atoms with E-state index in [4.69, 9.17) is 5.11 Å². The molecule has 0 bridgehead atoms. The first-order valence-electron chi connectivity index (χ1n) is 7.77. The normalized spacial score (nSPS) is 11.9. The molecule has 2 aromatic rings. The van der Waals surface area contributed by atoms with Crippen LogP contribution in [0.15, 0.2) is 42.5 Å². The van der Waals surface area contributed by atoms with Crippen LogP contribution in [0, 0.1) is 0 Å². The van der Waals surface area contributed by atoms with Crippen LogP contribution < -0.4 is 10.6 Å². The molecular weight excluding hydrogens is 292 g/mol. The number of aliphatic hydroxyl groups is 1. The Hall–Kier alpha value is -2.40. The van der Waals surface area contributed by atoms with Crippen molar-refractivity contribution in [1.82, 2.24) is 10.6 Å². The van der Waals surface area contributed by atoms with Crippen molar-refractivity contribution in [2.45, 2.75) is 25.8 Å². The Labute approximate surface area is 135 Å². The van der Waals surface area contributed by atoms with Crippen LogP contribution in [0.3, 0.4) is 0 Å². The highest BCUT2D eigenvalue weighted by Crippen LogP contribution is 2.15. The zero-order valence-corrected chi connectivity index (χ0v) is 13.2. The zero-order chi connectivity index (χ0) is 16.7. The summed E-state index contributed by atoms with van der Waals surface area (Å²) < 4.78 is 0. The molecule has 0 unspecified atom stereocenters. The van der Waals surface area contributed by atoms with Gasteiger partial charge < -0.3 is 15.7 Å². The second kappa shape index (κ2) is 8.29. The second-order valence-electron chi connectivity index (χ2n) is 5.55. The van der Waals surface area contributed by atoms with Crippen LogP contribution in [0.25, 0.3) is 10.8 Å². The first-order chi connectivity index (χ1) is 11.1. The van der Waals surface area contributed by atoms with E-state index in [9.17, 15) is 9.59 Å². The Kier molecular flexibility index (Phi) is 6.11. The van der Waals surface area contributed by atoms with E-state index in [-0.39, 0.29) is 37.4 Å². The van der Waals surface area contributed by atoms with Gasteiger partial charge in [0.1, 0.15) is 0 Å². The molecule has 1 atom stereocenters. The predicted molar refractivity (Wildman–Crippen MR) is 90.2 cm³/mol. The maximum atomic E-state index is 12.1. The molecule has 23 heavy (non-hydrogen) atoms. The highest BCUT2D eigenvalue weighted by Gasteiger charge is 2.09. The third-order valence-electron chi connectivity index (χ3n) is 3.62. The number of carbonyl (C=O) groups is 2. The summed E-state index contributed by atoms with van der Waals surface area (Å²) in [6.45, 7) is 2.16. The monoisotopic (exact) mass is 314 g/mol. The molecule has 122 valence electrons. The molecule has 3 N–H and O–H groups in total. The average molecular weight is 314 g/mol. The molecule has 0 aliphatic rings. The lowest BCUT2D eigenvalue weighted by atomic mass is 10.1. The summed E-state index contributed by atoms with van der Waals surface area (Å²) in [5.41, 5.74) is 0.581. The second-order valence-corrected chi connectivity index (χ2v) is 5.55. The number of amides is 2. The molecule has 2 amide bonds. The highest BCUT2D eigenvalue weighted by atomic mass is 16.3. The van der Waals surface area contributed by atoms with E-state index in [1.807, 2.05) is 43.3 Å². The summed E-state index contributed by atoms with van der Waals surface area (Å²) in [5.74, 6) is -0.322. The van der Waals surface area contributed by atoms with E-state index in [2.05, 4.69) is 10.6 Å². The molecule has 0 aliphatic carbocycles. The lowest BCUT2D eigenvalue weighted by molar-refractivity contribution is -0.121. The van der Waals surface area contributed by atoms with Crippen LogP contribution in [-0.4, -0.2) is 36.1 Å². The lowest BCUT2D eigenvalue weighted by Gasteiger charge is -2.12. The van der Waals surface area contributed by atoms with Gasteiger partial charge in [-0.15, -0.1) is 0 Å². The Morgan fingerprint density at radius 3 is 2.61 bits per heavy atom. The van der Waals surface area contributed by atoms with Crippen LogP contribution in [-0.2, 0) is 4.79 Å². The first-order valence-corrected chi connectivity index (χ1v) is 7.77. The fraction of sp³-hybridized carbons (Fsp3) is 0.333. The van der Waals surface area contributed by atoms with Crippen LogP contribution in [0.4, 0.5) is 0 Å². The average Bonchev–Trinajstić information content (AvgIpc) is 2.54. The van der Waals surface area contributed by atoms with Crippen molar-refractivity contribution in [3.63, 3.8) is 0 Å². The van der Waals surface area contributed by atoms with Gasteiger partial charge in [-0.2, -0.15) is 0 Å². The van der Waals surface area contributed by atoms with Crippen molar-refractivity contribution >= 4 is 22.6 Å². The third kappa shape index (κ3) is 5.07. The SMILES string of the molecule is C[C@H](CCO)NC(=O)CCNC(=O)c1ccc2ccccc2c1. The van der Waals surface area contributed by atoms with Crippen molar-refractivity contribution in [1.29, 1.82) is 0 Å². The van der Waals surface area contributed by atoms with Crippen molar-refractivity contribution in [3.05, 3.63) is 48.0 Å². The van der Waals surface area contributed by atoms with E-state index in [1.165, 1.54) is 0 Å². The number of hydrogen-bond donors (Lipinski definition) is 3. The molecular formula is C18H22N2O3. The number of hydrogen-bond acceptors (Lipinski definition) is 3. The van der Waals surface area contributed by atoms with E-state index in [0.717, 1.165) is 10.8 Å². The summed E-state index contributed by atoms with van der Waals surface area (Å²) in [6.07, 6.45) is 0.740. The summed E-state index contributed by atoms with van der Waals surface area (Å²) in [7, 11) is 0. The summed E-state index contributed by atoms with van der Waals surface area (Å²) >= 11 is 0. The summed E-state index contributed by atoms with van der Waals surface area (Å²) in [5, 5.41) is 16.4. The summed E-state index contributed by atoms with van der Waals surface area (Å²) in [4.78, 5) is 23.8. The number of rotatable bonds is 7. The van der Waals surface area contributed by atoms with Crippen molar-refractivity contribution in [2.75, 3.05) is 13.2 Å². The van der Waals surface area contributed by atoms with Gasteiger partial charge in [-0.3, -0.25) is 9.59 Å². The minimum absolute atomic E-state index is 0.0418. The van der Waals surface area contributed by atoms with Gasteiger partial charge in [0.2, 0.25) is 5.91 Å². The van der Waals surface area contributed by atoms with E-state index >= 15 is 0 Å². The topological polar surface area (TPSA) is 78.4 Å². The Morgan fingerprint density at radius 2 is 1.87 bits per heavy atom. The molecule has 0 saturated heterocycles. The van der Waals surface area contributed by atoms with Gasteiger partial charge in [-0.1, -0.05) is 30.3 Å². The lowest BCUT2D eigenvalue weighted by Crippen LogP contribution is -2.36. The van der Waals surface area contributed by atoms with Gasteiger partial charge in [0, 0.05) is 31.2 Å². The van der Waals surface area contributed by atoms with Gasteiger partial charge >= 0.3 is 0 Å². The molecule has 5 nitrogen and oxygen atoms in total. The molecule has 0 aliphatic heterocycles. The molecule has 0 heterocycles. The largest absolute Gasteiger partial charge is 0.396 e. The number of aliphatic hydroxyl groups excluding tert-OH is 1. The van der Waals surface area contributed by atoms with Crippen molar-refractivity contribution < 1.29 is 14.7 Å². The van der Waals surface area contributed by atoms with Gasteiger partial charge in [-0.25, -0.2) is 0 Å². The van der Waals surface area contributed by atoms with Crippen LogP contribution in [0.2, 0.25) is 0 Å². The fourth-order valence-corrected chi connectivity index (χ4v) is 2.33. The number of carbonyl (C=O) groups excluding carboxylic acids is 2. The van der Waals surface area contributed by atoms with Gasteiger partial charge in [0.15, 0.2) is 0 Å². The third-order valence-corrected chi connectivity index (χ3v) is 3.62. The van der Waals surface area contributed by atoms with Gasteiger partial charge in [-0.05, 0) is 36.2 Å². The quantitative estimate of drug-likeness (QED) is 0.730. The minimum Gasteiger partial charge on any atom is -0.396 e. The van der Waals surface area contributed by atoms with Crippen LogP contribution >= 0.6 is 0 Å². The molecule has 0 spiro atoms. The Bertz CT molecular complexity index is 685. The maximum Gasteiger partial charge on any atom is 0.251 e. The Balaban J connectivity index is 1.83. The number of nitrogens with one attached hydrogen (secondary N) is 2. The Morgan fingerprint density at radius 1 is 1.13 bits per heavy atom. The van der Waals surface area contributed by atoms with Crippen molar-refractivity contribution in [2.24, 2.45) is 0 Å². The van der Waals surface area contributed by atoms with Crippen molar-refractivity contribution in [3.8, 4) is 0 Å². The summed E-state index contributed by atoms with van der Waals surface area (Å²) in [6, 6.07) is 13.3. The highest BCUT2D eigenvalue weighted by molar-refractivity contribution is 5.98. The molecule has 0 fully saturated rings. The maximum absolute atomic E-state index is 12.1. The van der Waals surface area contributed by atoms with Gasteiger partial charge in [0.05, 0.1) is 0 Å². The minimum atomic E-state index is -0.188. The smallest absolute Gasteiger partial charge is 0.251 e. The predicted octanol–water partition coefficient (Wildman–Crippen LogP) is 1.85. The first kappa shape index (κ1) is 17.0. The molecule has 0 aromatic heterocycles. The molecule has 0 radical (unpaired) electrons. The number of fused-ring (bicyclic) bond motifs is 1. The standard InChI is InChI=1S/C18H22N2O3/c1-13(9-11-21)20-17(22)8-10-19-18(23)16-7-6-14-4-2-3-5-15(14)12-16/h2-7,12-13,21H,8-11H2,1H3,(H,19,23)(H,20,22)/t13-/m1/s1. The van der Waals surface area contributed by atoms with Crippen LogP contribution in [0.1, 0.15) is 30.1 Å².